The van der Waals surface area contributed by atoms with E-state index in [0.29, 0.717) is 0 Å². The lowest BCUT2D eigenvalue weighted by Gasteiger charge is -2.07. The third kappa shape index (κ3) is 3.85. The number of hydrazone groups is 1. The molecule has 22 heavy (non-hydrogen) atoms. The lowest BCUT2D eigenvalue weighted by atomic mass is 10.1. The van der Waals surface area contributed by atoms with E-state index in [4.69, 9.17) is 0 Å². The summed E-state index contributed by atoms with van der Waals surface area (Å²) in [6.07, 6.45) is 1.62. The molecule has 2 rings (SSSR count). The van der Waals surface area contributed by atoms with Crippen LogP contribution in [0, 0.1) is 0 Å². The fourth-order valence-corrected chi connectivity index (χ4v) is 2.02. The molecular formula is C17H18N2O3. The molecule has 0 saturated heterocycles. The normalized spacial score (nSPS) is 11.2. The summed E-state index contributed by atoms with van der Waals surface area (Å²) >= 11 is 0. The maximum absolute atomic E-state index is 12.1. The van der Waals surface area contributed by atoms with Gasteiger partial charge in [0.15, 0.2) is 0 Å². The number of rotatable bonds is 5. The summed E-state index contributed by atoms with van der Waals surface area (Å²) in [6.45, 7) is 2.03. The molecule has 3 N–H and O–H groups in total. The van der Waals surface area contributed by atoms with Crippen LogP contribution >= 0.6 is 0 Å². The Kier molecular flexibility index (Phi) is 5.14. The van der Waals surface area contributed by atoms with Crippen LogP contribution in [0.25, 0.3) is 0 Å². The predicted octanol–water partition coefficient (Wildman–Crippen LogP) is 3.03. The highest BCUT2D eigenvalue weighted by Gasteiger charge is 2.11. The molecule has 0 aliphatic rings. The van der Waals surface area contributed by atoms with Crippen LogP contribution in [-0.4, -0.2) is 21.8 Å². The van der Waals surface area contributed by atoms with Gasteiger partial charge in [0.1, 0.15) is 11.5 Å². The molecular weight excluding hydrogens is 280 g/mol. The zero-order valence-electron chi connectivity index (χ0n) is 12.3. The first-order valence-electron chi connectivity index (χ1n) is 7.06. The molecule has 0 unspecified atom stereocenters. The highest BCUT2D eigenvalue weighted by Crippen LogP contribution is 2.22. The van der Waals surface area contributed by atoms with Crippen LogP contribution in [0.1, 0.15) is 35.7 Å². The summed E-state index contributed by atoms with van der Waals surface area (Å²) < 4.78 is 0. The van der Waals surface area contributed by atoms with Gasteiger partial charge in [-0.1, -0.05) is 43.7 Å². The molecule has 0 aliphatic heterocycles. The molecule has 0 aliphatic carbocycles. The minimum absolute atomic E-state index is 0.0606. The Morgan fingerprint density at radius 2 is 1.86 bits per heavy atom. The fraction of sp³-hybridized carbons (Fsp3) is 0.176. The number of hydrogen-bond acceptors (Lipinski definition) is 4. The Bertz CT molecular complexity index is 682. The zero-order valence-corrected chi connectivity index (χ0v) is 12.3. The van der Waals surface area contributed by atoms with E-state index in [2.05, 4.69) is 10.5 Å². The van der Waals surface area contributed by atoms with Crippen LogP contribution in [0.4, 0.5) is 0 Å². The molecule has 2 aromatic carbocycles. The molecule has 0 spiro atoms. The van der Waals surface area contributed by atoms with E-state index in [-0.39, 0.29) is 17.1 Å². The SMILES string of the molecule is CCCC(=NNC(=O)c1ccc(O)cc1O)c1ccccc1. The van der Waals surface area contributed by atoms with Crippen LogP contribution in [-0.2, 0) is 0 Å². The van der Waals surface area contributed by atoms with Crippen molar-refractivity contribution < 1.29 is 15.0 Å². The number of benzene rings is 2. The molecule has 0 saturated carbocycles. The van der Waals surface area contributed by atoms with Gasteiger partial charge in [0.05, 0.1) is 11.3 Å². The number of aromatic hydroxyl groups is 2. The quantitative estimate of drug-likeness (QED) is 0.586. The van der Waals surface area contributed by atoms with Crippen molar-refractivity contribution in [2.75, 3.05) is 0 Å². The van der Waals surface area contributed by atoms with E-state index in [1.54, 1.807) is 0 Å². The van der Waals surface area contributed by atoms with Gasteiger partial charge in [-0.25, -0.2) is 5.43 Å². The van der Waals surface area contributed by atoms with Crippen molar-refractivity contribution in [2.45, 2.75) is 19.8 Å². The molecule has 0 radical (unpaired) electrons. The topological polar surface area (TPSA) is 81.9 Å². The number of carbonyl (C=O) groups is 1. The molecule has 1 amide bonds. The molecule has 2 aromatic rings. The van der Waals surface area contributed by atoms with Crippen molar-refractivity contribution in [1.82, 2.24) is 5.43 Å². The van der Waals surface area contributed by atoms with Gasteiger partial charge in [0, 0.05) is 6.07 Å². The van der Waals surface area contributed by atoms with E-state index < -0.39 is 5.91 Å². The Labute approximate surface area is 128 Å². The molecule has 114 valence electrons. The molecule has 5 nitrogen and oxygen atoms in total. The van der Waals surface area contributed by atoms with Gasteiger partial charge in [0.25, 0.3) is 5.91 Å². The van der Waals surface area contributed by atoms with Gasteiger partial charge in [-0.2, -0.15) is 5.10 Å². The van der Waals surface area contributed by atoms with Crippen LogP contribution in [0.15, 0.2) is 53.6 Å². The lowest BCUT2D eigenvalue weighted by Crippen LogP contribution is -2.20. The highest BCUT2D eigenvalue weighted by atomic mass is 16.3. The average molecular weight is 298 g/mol. The minimum atomic E-state index is -0.526. The predicted molar refractivity (Wildman–Crippen MR) is 85.1 cm³/mol. The number of carbonyl (C=O) groups excluding carboxylic acids is 1. The number of nitrogens with zero attached hydrogens (tertiary/aromatic N) is 1. The number of hydrogen-bond donors (Lipinski definition) is 3. The first-order valence-corrected chi connectivity index (χ1v) is 7.06. The van der Waals surface area contributed by atoms with Crippen molar-refractivity contribution in [1.29, 1.82) is 0 Å². The van der Waals surface area contributed by atoms with Crippen molar-refractivity contribution in [3.8, 4) is 11.5 Å². The zero-order chi connectivity index (χ0) is 15.9. The monoisotopic (exact) mass is 298 g/mol. The number of phenolic OH excluding ortho intramolecular Hbond substituents is 2. The molecule has 0 bridgehead atoms. The van der Waals surface area contributed by atoms with Gasteiger partial charge in [-0.05, 0) is 24.1 Å². The molecule has 0 fully saturated rings. The van der Waals surface area contributed by atoms with E-state index >= 15 is 0 Å². The average Bonchev–Trinajstić information content (AvgIpc) is 2.52. The summed E-state index contributed by atoms with van der Waals surface area (Å²) in [5.41, 5.74) is 4.23. The standard InChI is InChI=1S/C17H18N2O3/c1-2-6-15(12-7-4-3-5-8-12)18-19-17(22)14-10-9-13(20)11-16(14)21/h3-5,7-11,20-21H,2,6H2,1H3,(H,19,22). The molecule has 5 heteroatoms. The second-order valence-electron chi connectivity index (χ2n) is 4.82. The Balaban J connectivity index is 2.18. The smallest absolute Gasteiger partial charge is 0.275 e. The van der Waals surface area contributed by atoms with Crippen molar-refractivity contribution in [3.63, 3.8) is 0 Å². The van der Waals surface area contributed by atoms with Crippen molar-refractivity contribution in [2.24, 2.45) is 5.10 Å². The largest absolute Gasteiger partial charge is 0.508 e. The van der Waals surface area contributed by atoms with Crippen LogP contribution in [0.3, 0.4) is 0 Å². The van der Waals surface area contributed by atoms with Gasteiger partial charge in [0.2, 0.25) is 0 Å². The second kappa shape index (κ2) is 7.26. The van der Waals surface area contributed by atoms with E-state index in [9.17, 15) is 15.0 Å². The number of nitrogens with one attached hydrogen (secondary N) is 1. The summed E-state index contributed by atoms with van der Waals surface area (Å²) in [7, 11) is 0. The second-order valence-corrected chi connectivity index (χ2v) is 4.82. The number of phenols is 2. The molecule has 0 heterocycles. The van der Waals surface area contributed by atoms with Gasteiger partial charge in [-0.3, -0.25) is 4.79 Å². The van der Waals surface area contributed by atoms with Gasteiger partial charge >= 0.3 is 0 Å². The molecule has 0 atom stereocenters. The minimum Gasteiger partial charge on any atom is -0.508 e. The fourth-order valence-electron chi connectivity index (χ4n) is 2.02. The summed E-state index contributed by atoms with van der Waals surface area (Å²) in [5, 5.41) is 23.1. The van der Waals surface area contributed by atoms with Gasteiger partial charge in [-0.15, -0.1) is 0 Å². The Morgan fingerprint density at radius 3 is 2.50 bits per heavy atom. The molecule has 0 aromatic heterocycles. The third-order valence-electron chi connectivity index (χ3n) is 3.11. The first-order chi connectivity index (χ1) is 10.6. The van der Waals surface area contributed by atoms with E-state index in [0.717, 1.165) is 30.2 Å². The van der Waals surface area contributed by atoms with Crippen molar-refractivity contribution in [3.05, 3.63) is 59.7 Å². The lowest BCUT2D eigenvalue weighted by molar-refractivity contribution is 0.0952. The summed E-state index contributed by atoms with van der Waals surface area (Å²) in [6, 6.07) is 13.4. The third-order valence-corrected chi connectivity index (χ3v) is 3.11. The Hall–Kier alpha value is -2.82. The highest BCUT2D eigenvalue weighted by molar-refractivity contribution is 6.02. The van der Waals surface area contributed by atoms with E-state index in [1.807, 2.05) is 37.3 Å². The number of amides is 1. The van der Waals surface area contributed by atoms with E-state index in [1.165, 1.54) is 12.1 Å². The summed E-state index contributed by atoms with van der Waals surface area (Å²) in [5.74, 6) is -0.917. The maximum Gasteiger partial charge on any atom is 0.275 e. The first kappa shape index (κ1) is 15.6. The summed E-state index contributed by atoms with van der Waals surface area (Å²) in [4.78, 5) is 12.1. The van der Waals surface area contributed by atoms with Crippen molar-refractivity contribution >= 4 is 11.6 Å². The Morgan fingerprint density at radius 1 is 1.14 bits per heavy atom. The van der Waals surface area contributed by atoms with Crippen LogP contribution in [0.5, 0.6) is 11.5 Å². The maximum atomic E-state index is 12.1. The van der Waals surface area contributed by atoms with Gasteiger partial charge < -0.3 is 10.2 Å². The van der Waals surface area contributed by atoms with Crippen LogP contribution < -0.4 is 5.43 Å². The van der Waals surface area contributed by atoms with Crippen LogP contribution in [0.2, 0.25) is 0 Å².